The Balaban J connectivity index is 1.73. The van der Waals surface area contributed by atoms with Crippen molar-refractivity contribution in [2.75, 3.05) is 11.9 Å². The maximum atomic E-state index is 12.3. The van der Waals surface area contributed by atoms with Crippen LogP contribution in [-0.2, 0) is 22.5 Å². The predicted octanol–water partition coefficient (Wildman–Crippen LogP) is 4.64. The minimum Gasteiger partial charge on any atom is -0.414 e. The van der Waals surface area contributed by atoms with Crippen LogP contribution in [0.15, 0.2) is 12.7 Å². The zero-order chi connectivity index (χ0) is 28.9. The predicted molar refractivity (Wildman–Crippen MR) is 153 cm³/mol. The van der Waals surface area contributed by atoms with Crippen molar-refractivity contribution in [2.45, 2.75) is 116 Å². The molecule has 0 radical (unpaired) electrons. The molecule has 0 spiro atoms. The van der Waals surface area contributed by atoms with Gasteiger partial charge in [0, 0.05) is 5.92 Å². The Morgan fingerprint density at radius 2 is 1.59 bits per heavy atom. The molecule has 2 N–H and O–H groups in total. The van der Waals surface area contributed by atoms with Crippen LogP contribution in [0, 0.1) is 5.92 Å². The number of nitrogens with one attached hydrogen (secondary N) is 1. The van der Waals surface area contributed by atoms with Gasteiger partial charge in [-0.1, -0.05) is 69.2 Å². The van der Waals surface area contributed by atoms with E-state index in [-0.39, 0.29) is 40.6 Å². The molecule has 0 saturated carbocycles. The summed E-state index contributed by atoms with van der Waals surface area (Å²) in [4.78, 5) is 25.4. The fourth-order valence-corrected chi connectivity index (χ4v) is 17.0. The molecule has 2 aliphatic heterocycles. The molecular formula is C26H45N5O6Si2. The SMILES string of the molecule is CC(C)C(=O)Nc1ncnc2c1ncn2[C@@H]1O[C@@H]2CO[Si](C(C)C)(C(C)C)O[Si](C(C)C)(C(C)C)O[C@H]2[C@H]1O. The average molecular weight is 580 g/mol. The van der Waals surface area contributed by atoms with Gasteiger partial charge < -0.3 is 28.1 Å². The zero-order valence-electron chi connectivity index (χ0n) is 24.8. The first kappa shape index (κ1) is 30.2. The lowest BCUT2D eigenvalue weighted by Crippen LogP contribution is -2.65. The van der Waals surface area contributed by atoms with E-state index in [1.807, 2.05) is 13.8 Å². The lowest BCUT2D eigenvalue weighted by molar-refractivity contribution is -0.118. The molecule has 11 nitrogen and oxygen atoms in total. The minimum absolute atomic E-state index is 0.129. The van der Waals surface area contributed by atoms with Gasteiger partial charge in [-0.25, -0.2) is 15.0 Å². The van der Waals surface area contributed by atoms with Crippen LogP contribution in [0.1, 0.15) is 75.5 Å². The van der Waals surface area contributed by atoms with Crippen LogP contribution >= 0.6 is 0 Å². The third-order valence-electron chi connectivity index (χ3n) is 8.04. The molecule has 0 aromatic carbocycles. The van der Waals surface area contributed by atoms with Crippen LogP contribution in [0.25, 0.3) is 11.2 Å². The molecule has 2 aliphatic rings. The van der Waals surface area contributed by atoms with E-state index in [2.05, 4.69) is 75.7 Å². The summed E-state index contributed by atoms with van der Waals surface area (Å²) >= 11 is 0. The maximum absolute atomic E-state index is 12.3. The second-order valence-corrected chi connectivity index (χ2v) is 21.1. The number of anilines is 1. The molecule has 4 rings (SSSR count). The minimum atomic E-state index is -2.92. The molecule has 39 heavy (non-hydrogen) atoms. The van der Waals surface area contributed by atoms with Crippen molar-refractivity contribution in [1.29, 1.82) is 0 Å². The number of rotatable bonds is 7. The van der Waals surface area contributed by atoms with Gasteiger partial charge in [0.2, 0.25) is 5.91 Å². The third kappa shape index (κ3) is 5.22. The Hall–Kier alpha value is -1.75. The summed E-state index contributed by atoms with van der Waals surface area (Å²) < 4.78 is 29.2. The first-order valence-electron chi connectivity index (χ1n) is 14.1. The number of nitrogens with zero attached hydrogens (tertiary/aromatic N) is 4. The quantitative estimate of drug-likeness (QED) is 0.451. The summed E-state index contributed by atoms with van der Waals surface area (Å²) in [5, 5.41) is 14.5. The van der Waals surface area contributed by atoms with Crippen molar-refractivity contribution in [3.63, 3.8) is 0 Å². The van der Waals surface area contributed by atoms with E-state index in [1.165, 1.54) is 6.33 Å². The van der Waals surface area contributed by atoms with Crippen molar-refractivity contribution in [2.24, 2.45) is 5.92 Å². The van der Waals surface area contributed by atoms with Crippen LogP contribution in [0.4, 0.5) is 5.82 Å². The van der Waals surface area contributed by atoms with E-state index >= 15 is 0 Å². The van der Waals surface area contributed by atoms with Crippen LogP contribution in [-0.4, -0.2) is 72.6 Å². The Morgan fingerprint density at radius 1 is 0.974 bits per heavy atom. The summed E-state index contributed by atoms with van der Waals surface area (Å²) in [7, 11) is -5.65. The molecule has 2 aromatic heterocycles. The van der Waals surface area contributed by atoms with Gasteiger partial charge in [0.15, 0.2) is 23.2 Å². The Labute approximate surface area is 233 Å². The molecule has 13 heteroatoms. The summed E-state index contributed by atoms with van der Waals surface area (Å²) in [6.45, 7) is 21.2. The van der Waals surface area contributed by atoms with Gasteiger partial charge >= 0.3 is 17.1 Å². The third-order valence-corrected chi connectivity index (χ3v) is 18.3. The number of imidazole rings is 1. The Morgan fingerprint density at radius 3 is 2.15 bits per heavy atom. The number of aliphatic hydroxyl groups excluding tert-OH is 1. The van der Waals surface area contributed by atoms with E-state index in [4.69, 9.17) is 17.7 Å². The summed E-state index contributed by atoms with van der Waals surface area (Å²) in [5.74, 6) is -0.0665. The second-order valence-electron chi connectivity index (χ2n) is 12.3. The van der Waals surface area contributed by atoms with Gasteiger partial charge in [-0.2, -0.15) is 0 Å². The van der Waals surface area contributed by atoms with E-state index in [9.17, 15) is 9.90 Å². The molecule has 0 unspecified atom stereocenters. The zero-order valence-corrected chi connectivity index (χ0v) is 26.8. The summed E-state index contributed by atoms with van der Waals surface area (Å²) in [6, 6.07) is 0. The van der Waals surface area contributed by atoms with Gasteiger partial charge in [-0.15, -0.1) is 0 Å². The number of fused-ring (bicyclic) bond motifs is 2. The highest BCUT2D eigenvalue weighted by Gasteiger charge is 2.61. The van der Waals surface area contributed by atoms with E-state index in [0.717, 1.165) is 0 Å². The van der Waals surface area contributed by atoms with Crippen molar-refractivity contribution < 1.29 is 27.6 Å². The fourth-order valence-electron chi connectivity index (χ4n) is 5.76. The number of carbonyl (C=O) groups excluding carboxylic acids is 1. The second kappa shape index (κ2) is 11.3. The van der Waals surface area contributed by atoms with Crippen LogP contribution < -0.4 is 5.32 Å². The molecule has 218 valence electrons. The van der Waals surface area contributed by atoms with E-state index in [0.29, 0.717) is 17.0 Å². The monoisotopic (exact) mass is 579 g/mol. The molecule has 2 fully saturated rings. The average Bonchev–Trinajstić information content (AvgIpc) is 3.39. The van der Waals surface area contributed by atoms with Crippen LogP contribution in [0.3, 0.4) is 0 Å². The number of amides is 1. The molecule has 2 saturated heterocycles. The van der Waals surface area contributed by atoms with Gasteiger partial charge in [0.1, 0.15) is 24.6 Å². The number of aliphatic hydroxyl groups is 1. The van der Waals surface area contributed by atoms with Gasteiger partial charge in [0.25, 0.3) is 0 Å². The van der Waals surface area contributed by atoms with Crippen molar-refractivity contribution >= 4 is 40.0 Å². The molecule has 2 aromatic rings. The first-order valence-corrected chi connectivity index (χ1v) is 18.0. The summed E-state index contributed by atoms with van der Waals surface area (Å²) in [6.07, 6.45) is -0.0322. The summed E-state index contributed by atoms with van der Waals surface area (Å²) in [5.41, 5.74) is 1.54. The van der Waals surface area contributed by atoms with Crippen molar-refractivity contribution in [1.82, 2.24) is 19.5 Å². The van der Waals surface area contributed by atoms with Gasteiger partial charge in [-0.05, 0) is 22.2 Å². The Kier molecular flexibility index (Phi) is 8.73. The molecule has 4 atom stereocenters. The van der Waals surface area contributed by atoms with Crippen molar-refractivity contribution in [3.8, 4) is 0 Å². The largest absolute Gasteiger partial charge is 0.414 e. The molecule has 0 bridgehead atoms. The first-order chi connectivity index (χ1) is 18.2. The van der Waals surface area contributed by atoms with Gasteiger partial charge in [-0.3, -0.25) is 9.36 Å². The highest BCUT2D eigenvalue weighted by molar-refractivity contribution is 6.84. The molecule has 4 heterocycles. The number of aromatic nitrogens is 4. The maximum Gasteiger partial charge on any atom is 0.335 e. The van der Waals surface area contributed by atoms with Crippen molar-refractivity contribution in [3.05, 3.63) is 12.7 Å². The lowest BCUT2D eigenvalue weighted by atomic mass is 10.1. The topological polar surface area (TPSA) is 130 Å². The van der Waals surface area contributed by atoms with Crippen LogP contribution in [0.2, 0.25) is 22.2 Å². The molecule has 0 aliphatic carbocycles. The standard InChI is InChI=1S/C26H45N5O6Si2/c1-14(2)25(33)30-23-20-24(28-12-27-23)31(13-29-20)26-21(32)22-19(35-26)11-34-38(15(3)4,16(5)6)37-39(36-22,17(7)8)18(9)10/h12-19,21-22,26,32H,11H2,1-10H3,(H,27,28,30,33)/t19-,21-,22-,26-/m1/s1. The number of hydrogen-bond acceptors (Lipinski definition) is 9. The normalized spacial score (nSPS) is 27.0. The van der Waals surface area contributed by atoms with Gasteiger partial charge in [0.05, 0.1) is 12.9 Å². The highest BCUT2D eigenvalue weighted by Crippen LogP contribution is 2.48. The lowest BCUT2D eigenvalue weighted by Gasteiger charge is -2.51. The fraction of sp³-hybridized carbons (Fsp3) is 0.769. The number of hydrogen-bond donors (Lipinski definition) is 2. The van der Waals surface area contributed by atoms with E-state index in [1.54, 1.807) is 10.9 Å². The molecular weight excluding hydrogens is 534 g/mol. The van der Waals surface area contributed by atoms with E-state index < -0.39 is 41.7 Å². The van der Waals surface area contributed by atoms with Crippen LogP contribution in [0.5, 0.6) is 0 Å². The highest BCUT2D eigenvalue weighted by atomic mass is 28.5. The Bertz CT molecular complexity index is 1160. The number of ether oxygens (including phenoxy) is 1. The smallest absolute Gasteiger partial charge is 0.335 e. The molecule has 1 amide bonds. The number of carbonyl (C=O) groups is 1.